The molecular formula is C14H17N5. The maximum absolute atomic E-state index is 4.33. The predicted molar refractivity (Wildman–Crippen MR) is 75.0 cm³/mol. The first kappa shape index (κ1) is 12.0. The van der Waals surface area contributed by atoms with Crippen molar-refractivity contribution in [3.05, 3.63) is 36.5 Å². The molecule has 1 fully saturated rings. The van der Waals surface area contributed by atoms with Crippen LogP contribution in [0.2, 0.25) is 0 Å². The van der Waals surface area contributed by atoms with Crippen LogP contribution in [-0.2, 0) is 0 Å². The highest BCUT2D eigenvalue weighted by Crippen LogP contribution is 2.16. The first-order chi connectivity index (χ1) is 9.43. The van der Waals surface area contributed by atoms with Crippen LogP contribution in [-0.4, -0.2) is 41.4 Å². The third kappa shape index (κ3) is 2.88. The summed E-state index contributed by atoms with van der Waals surface area (Å²) in [5.41, 5.74) is 1.68. The van der Waals surface area contributed by atoms with E-state index in [0.29, 0.717) is 0 Å². The van der Waals surface area contributed by atoms with E-state index in [-0.39, 0.29) is 0 Å². The first-order valence-electron chi connectivity index (χ1n) is 6.64. The van der Waals surface area contributed by atoms with E-state index in [0.717, 1.165) is 49.8 Å². The van der Waals surface area contributed by atoms with Crippen LogP contribution in [0.5, 0.6) is 0 Å². The molecular weight excluding hydrogens is 238 g/mol. The Hall–Kier alpha value is -2.01. The molecule has 1 saturated heterocycles. The van der Waals surface area contributed by atoms with Crippen LogP contribution in [0.25, 0.3) is 11.4 Å². The molecule has 0 aliphatic carbocycles. The summed E-state index contributed by atoms with van der Waals surface area (Å²) in [7, 11) is 0. The third-order valence-electron chi connectivity index (χ3n) is 3.24. The average Bonchev–Trinajstić information content (AvgIpc) is 2.77. The molecule has 0 atom stereocenters. The summed E-state index contributed by atoms with van der Waals surface area (Å²) in [6.45, 7) is 4.10. The van der Waals surface area contributed by atoms with Gasteiger partial charge in [0.05, 0.1) is 5.69 Å². The Morgan fingerprint density at radius 2 is 1.95 bits per heavy atom. The lowest BCUT2D eigenvalue weighted by Gasteiger charge is -2.20. The molecule has 0 spiro atoms. The normalized spacial score (nSPS) is 16.1. The van der Waals surface area contributed by atoms with Gasteiger partial charge in [-0.3, -0.25) is 4.98 Å². The summed E-state index contributed by atoms with van der Waals surface area (Å²) in [6, 6.07) is 9.82. The van der Waals surface area contributed by atoms with Gasteiger partial charge in [0.25, 0.3) is 0 Å². The van der Waals surface area contributed by atoms with Gasteiger partial charge in [0.2, 0.25) is 0 Å². The Morgan fingerprint density at radius 3 is 2.74 bits per heavy atom. The van der Waals surface area contributed by atoms with Gasteiger partial charge in [0.15, 0.2) is 5.82 Å². The number of nitrogens with zero attached hydrogens (tertiary/aromatic N) is 4. The number of aromatic nitrogens is 3. The highest BCUT2D eigenvalue weighted by Gasteiger charge is 2.11. The summed E-state index contributed by atoms with van der Waals surface area (Å²) < 4.78 is 0. The highest BCUT2D eigenvalue weighted by molar-refractivity contribution is 5.54. The van der Waals surface area contributed by atoms with Crippen molar-refractivity contribution < 1.29 is 0 Å². The summed E-state index contributed by atoms with van der Waals surface area (Å²) >= 11 is 0. The number of anilines is 1. The molecule has 0 aromatic carbocycles. The van der Waals surface area contributed by atoms with E-state index >= 15 is 0 Å². The summed E-state index contributed by atoms with van der Waals surface area (Å²) in [4.78, 5) is 6.55. The standard InChI is InChI=1S/C14H17N5/c1-2-8-16-12(4-1)13-5-6-14(18-17-13)19-10-3-7-15-9-11-19/h1-2,4-6,8,15H,3,7,9-11H2. The molecule has 1 N–H and O–H groups in total. The van der Waals surface area contributed by atoms with Crippen molar-refractivity contribution in [3.63, 3.8) is 0 Å². The van der Waals surface area contributed by atoms with Gasteiger partial charge < -0.3 is 10.2 Å². The molecule has 5 heteroatoms. The second-order valence-electron chi connectivity index (χ2n) is 4.58. The minimum atomic E-state index is 0.817. The Bertz CT molecular complexity index is 503. The lowest BCUT2D eigenvalue weighted by atomic mass is 10.2. The van der Waals surface area contributed by atoms with E-state index in [1.54, 1.807) is 6.20 Å². The summed E-state index contributed by atoms with van der Waals surface area (Å²) in [5, 5.41) is 12.0. The molecule has 3 heterocycles. The van der Waals surface area contributed by atoms with Crippen molar-refractivity contribution in [2.75, 3.05) is 31.1 Å². The number of hydrogen-bond acceptors (Lipinski definition) is 5. The molecule has 98 valence electrons. The maximum atomic E-state index is 4.33. The number of nitrogens with one attached hydrogen (secondary N) is 1. The highest BCUT2D eigenvalue weighted by atomic mass is 15.3. The van der Waals surface area contributed by atoms with Crippen molar-refractivity contribution in [3.8, 4) is 11.4 Å². The molecule has 0 unspecified atom stereocenters. The van der Waals surface area contributed by atoms with Gasteiger partial charge in [-0.25, -0.2) is 0 Å². The molecule has 19 heavy (non-hydrogen) atoms. The fourth-order valence-corrected chi connectivity index (χ4v) is 2.22. The van der Waals surface area contributed by atoms with E-state index in [9.17, 15) is 0 Å². The maximum Gasteiger partial charge on any atom is 0.151 e. The van der Waals surface area contributed by atoms with Gasteiger partial charge in [-0.1, -0.05) is 6.07 Å². The van der Waals surface area contributed by atoms with Crippen molar-refractivity contribution in [2.24, 2.45) is 0 Å². The second kappa shape index (κ2) is 5.75. The van der Waals surface area contributed by atoms with Crippen LogP contribution in [0.1, 0.15) is 6.42 Å². The fourth-order valence-electron chi connectivity index (χ4n) is 2.22. The van der Waals surface area contributed by atoms with Crippen LogP contribution in [0.4, 0.5) is 5.82 Å². The summed E-state index contributed by atoms with van der Waals surface area (Å²) in [5.74, 6) is 0.948. The predicted octanol–water partition coefficient (Wildman–Crippen LogP) is 1.34. The SMILES string of the molecule is c1ccc(-c2ccc(N3CCCNCC3)nn2)nc1. The number of pyridine rings is 1. The topological polar surface area (TPSA) is 53.9 Å². The van der Waals surface area contributed by atoms with Crippen LogP contribution in [0.3, 0.4) is 0 Å². The fraction of sp³-hybridized carbons (Fsp3) is 0.357. The lowest BCUT2D eigenvalue weighted by Crippen LogP contribution is -2.28. The molecule has 2 aromatic rings. The molecule has 0 bridgehead atoms. The molecule has 1 aliphatic rings. The van der Waals surface area contributed by atoms with Crippen LogP contribution < -0.4 is 10.2 Å². The van der Waals surface area contributed by atoms with Crippen LogP contribution in [0, 0.1) is 0 Å². The Labute approximate surface area is 112 Å². The first-order valence-corrected chi connectivity index (χ1v) is 6.64. The molecule has 3 rings (SSSR count). The van der Waals surface area contributed by atoms with Crippen LogP contribution in [0.15, 0.2) is 36.5 Å². The van der Waals surface area contributed by atoms with Gasteiger partial charge in [-0.2, -0.15) is 0 Å². The molecule has 0 saturated carbocycles. The molecule has 1 aliphatic heterocycles. The zero-order valence-corrected chi connectivity index (χ0v) is 10.8. The van der Waals surface area contributed by atoms with Crippen molar-refractivity contribution >= 4 is 5.82 Å². The van der Waals surface area contributed by atoms with E-state index in [2.05, 4.69) is 25.4 Å². The van der Waals surface area contributed by atoms with Crippen molar-refractivity contribution in [1.82, 2.24) is 20.5 Å². The Kier molecular flexibility index (Phi) is 3.65. The van der Waals surface area contributed by atoms with E-state index in [4.69, 9.17) is 0 Å². The van der Waals surface area contributed by atoms with Crippen LogP contribution >= 0.6 is 0 Å². The van der Waals surface area contributed by atoms with Gasteiger partial charge in [-0.05, 0) is 37.2 Å². The molecule has 0 radical (unpaired) electrons. The average molecular weight is 255 g/mol. The summed E-state index contributed by atoms with van der Waals surface area (Å²) in [6.07, 6.45) is 2.91. The smallest absolute Gasteiger partial charge is 0.151 e. The minimum Gasteiger partial charge on any atom is -0.354 e. The van der Waals surface area contributed by atoms with E-state index in [1.807, 2.05) is 30.3 Å². The van der Waals surface area contributed by atoms with Gasteiger partial charge in [0, 0.05) is 25.8 Å². The van der Waals surface area contributed by atoms with E-state index in [1.165, 1.54) is 0 Å². The third-order valence-corrected chi connectivity index (χ3v) is 3.24. The van der Waals surface area contributed by atoms with Crippen molar-refractivity contribution in [2.45, 2.75) is 6.42 Å². The molecule has 5 nitrogen and oxygen atoms in total. The monoisotopic (exact) mass is 255 g/mol. The Balaban J connectivity index is 1.78. The number of hydrogen-bond donors (Lipinski definition) is 1. The lowest BCUT2D eigenvalue weighted by molar-refractivity contribution is 0.724. The zero-order valence-electron chi connectivity index (χ0n) is 10.8. The molecule has 0 amide bonds. The van der Waals surface area contributed by atoms with E-state index < -0.39 is 0 Å². The zero-order chi connectivity index (χ0) is 12.9. The second-order valence-corrected chi connectivity index (χ2v) is 4.58. The quantitative estimate of drug-likeness (QED) is 0.877. The number of rotatable bonds is 2. The Morgan fingerprint density at radius 1 is 0.947 bits per heavy atom. The largest absolute Gasteiger partial charge is 0.354 e. The van der Waals surface area contributed by atoms with Gasteiger partial charge in [0.1, 0.15) is 5.69 Å². The minimum absolute atomic E-state index is 0.817. The van der Waals surface area contributed by atoms with Gasteiger partial charge in [-0.15, -0.1) is 10.2 Å². The van der Waals surface area contributed by atoms with Gasteiger partial charge >= 0.3 is 0 Å². The molecule has 2 aromatic heterocycles. The van der Waals surface area contributed by atoms with Crippen molar-refractivity contribution in [1.29, 1.82) is 0 Å².